The minimum absolute atomic E-state index is 0.180. The quantitative estimate of drug-likeness (QED) is 0.941. The Morgan fingerprint density at radius 2 is 2.16 bits per heavy atom. The van der Waals surface area contributed by atoms with Gasteiger partial charge in [-0.1, -0.05) is 23.2 Å². The van der Waals surface area contributed by atoms with E-state index in [1.165, 1.54) is 0 Å². The summed E-state index contributed by atoms with van der Waals surface area (Å²) in [5.74, 6) is 0.742. The van der Waals surface area contributed by atoms with E-state index < -0.39 is 0 Å². The van der Waals surface area contributed by atoms with Crippen molar-refractivity contribution in [2.75, 3.05) is 5.32 Å². The number of hydrogen-bond donors (Lipinski definition) is 1. The lowest BCUT2D eigenvalue weighted by Crippen LogP contribution is -2.12. The average Bonchev–Trinajstić information content (AvgIpc) is 2.76. The van der Waals surface area contributed by atoms with Crippen LogP contribution in [-0.2, 0) is 11.2 Å². The summed E-state index contributed by atoms with van der Waals surface area (Å²) >= 11 is 11.7. The van der Waals surface area contributed by atoms with Crippen LogP contribution in [0, 0.1) is 6.92 Å². The molecular weight excluding hydrogens is 289 g/mol. The van der Waals surface area contributed by atoms with Crippen LogP contribution in [0.15, 0.2) is 22.6 Å². The summed E-state index contributed by atoms with van der Waals surface area (Å²) in [7, 11) is 0. The van der Waals surface area contributed by atoms with Crippen LogP contribution in [0.2, 0.25) is 10.0 Å². The number of aromatic nitrogens is 2. The van der Waals surface area contributed by atoms with Crippen LogP contribution in [0.5, 0.6) is 0 Å². The highest BCUT2D eigenvalue weighted by atomic mass is 35.5. The molecule has 5 nitrogen and oxygen atoms in total. The fourth-order valence-electron chi connectivity index (χ4n) is 1.46. The molecule has 1 heterocycles. The Labute approximate surface area is 119 Å². The van der Waals surface area contributed by atoms with Gasteiger partial charge in [-0.3, -0.25) is 4.79 Å². The van der Waals surface area contributed by atoms with E-state index in [4.69, 9.17) is 27.6 Å². The molecule has 0 atom stereocenters. The first-order chi connectivity index (χ1) is 9.04. The number of carbonyl (C=O) groups excluding carboxylic acids is 1. The first-order valence-corrected chi connectivity index (χ1v) is 6.34. The molecule has 7 heteroatoms. The van der Waals surface area contributed by atoms with E-state index in [-0.39, 0.29) is 12.3 Å². The van der Waals surface area contributed by atoms with E-state index in [0.717, 1.165) is 0 Å². The second kappa shape index (κ2) is 6.04. The summed E-state index contributed by atoms with van der Waals surface area (Å²) in [4.78, 5) is 11.7. The third-order valence-electron chi connectivity index (χ3n) is 2.34. The Hall–Kier alpha value is -1.59. The number of aryl methyl sites for hydroxylation is 2. The van der Waals surface area contributed by atoms with E-state index in [1.54, 1.807) is 25.1 Å². The summed E-state index contributed by atoms with van der Waals surface area (Å²) in [6, 6.07) is 4.88. The Morgan fingerprint density at radius 1 is 1.37 bits per heavy atom. The molecule has 1 amide bonds. The van der Waals surface area contributed by atoms with Gasteiger partial charge in [0, 0.05) is 24.8 Å². The third kappa shape index (κ3) is 3.94. The number of nitrogens with zero attached hydrogens (tertiary/aromatic N) is 2. The van der Waals surface area contributed by atoms with Gasteiger partial charge < -0.3 is 9.73 Å². The van der Waals surface area contributed by atoms with Crippen LogP contribution in [0.4, 0.5) is 5.69 Å². The molecule has 0 fully saturated rings. The summed E-state index contributed by atoms with van der Waals surface area (Å²) < 4.78 is 5.18. The molecule has 0 saturated carbocycles. The van der Waals surface area contributed by atoms with Crippen molar-refractivity contribution in [3.63, 3.8) is 0 Å². The van der Waals surface area contributed by atoms with Crippen molar-refractivity contribution in [1.29, 1.82) is 0 Å². The van der Waals surface area contributed by atoms with Crippen LogP contribution in [0.3, 0.4) is 0 Å². The normalized spacial score (nSPS) is 10.5. The van der Waals surface area contributed by atoms with Gasteiger partial charge in [-0.15, -0.1) is 10.2 Å². The van der Waals surface area contributed by atoms with Crippen molar-refractivity contribution < 1.29 is 9.21 Å². The van der Waals surface area contributed by atoms with E-state index in [1.807, 2.05) is 0 Å². The number of amides is 1. The summed E-state index contributed by atoms with van der Waals surface area (Å²) in [6.07, 6.45) is 0.623. The SMILES string of the molecule is Cc1nnc(CCC(=O)Nc2ccc(Cl)cc2Cl)o1. The minimum atomic E-state index is -0.180. The van der Waals surface area contributed by atoms with Gasteiger partial charge in [0.05, 0.1) is 10.7 Å². The third-order valence-corrected chi connectivity index (χ3v) is 2.89. The van der Waals surface area contributed by atoms with Gasteiger partial charge >= 0.3 is 0 Å². The van der Waals surface area contributed by atoms with Gasteiger partial charge in [0.15, 0.2) is 0 Å². The highest BCUT2D eigenvalue weighted by Gasteiger charge is 2.09. The zero-order valence-electron chi connectivity index (χ0n) is 10.1. The first kappa shape index (κ1) is 13.8. The number of benzene rings is 1. The number of nitrogens with one attached hydrogen (secondary N) is 1. The molecule has 100 valence electrons. The Bertz CT molecular complexity index is 598. The smallest absolute Gasteiger partial charge is 0.224 e. The van der Waals surface area contributed by atoms with Crippen LogP contribution in [-0.4, -0.2) is 16.1 Å². The van der Waals surface area contributed by atoms with Crippen molar-refractivity contribution >= 4 is 34.8 Å². The van der Waals surface area contributed by atoms with Crippen molar-refractivity contribution in [3.05, 3.63) is 40.0 Å². The fraction of sp³-hybridized carbons (Fsp3) is 0.250. The number of hydrogen-bond acceptors (Lipinski definition) is 4. The molecule has 1 aromatic heterocycles. The van der Waals surface area contributed by atoms with E-state index in [9.17, 15) is 4.79 Å². The maximum absolute atomic E-state index is 11.7. The van der Waals surface area contributed by atoms with Gasteiger partial charge in [-0.2, -0.15) is 0 Å². The standard InChI is InChI=1S/C12H11Cl2N3O2/c1-7-16-17-12(19-7)5-4-11(18)15-10-3-2-8(13)6-9(10)14/h2-3,6H,4-5H2,1H3,(H,15,18). The second-order valence-corrected chi connectivity index (χ2v) is 4.73. The van der Waals surface area contributed by atoms with Crippen molar-refractivity contribution in [3.8, 4) is 0 Å². The van der Waals surface area contributed by atoms with Crippen molar-refractivity contribution in [2.24, 2.45) is 0 Å². The number of rotatable bonds is 4. The Kier molecular flexibility index (Phi) is 4.39. The lowest BCUT2D eigenvalue weighted by atomic mass is 10.2. The molecule has 1 aromatic carbocycles. The molecule has 19 heavy (non-hydrogen) atoms. The van der Waals surface area contributed by atoms with E-state index >= 15 is 0 Å². The van der Waals surface area contributed by atoms with Gasteiger partial charge in [0.2, 0.25) is 17.7 Å². The molecular formula is C12H11Cl2N3O2. The minimum Gasteiger partial charge on any atom is -0.426 e. The molecule has 2 aromatic rings. The molecule has 0 saturated heterocycles. The van der Waals surface area contributed by atoms with Crippen LogP contribution < -0.4 is 5.32 Å². The first-order valence-electron chi connectivity index (χ1n) is 5.58. The van der Waals surface area contributed by atoms with Crippen LogP contribution >= 0.6 is 23.2 Å². The van der Waals surface area contributed by atoms with Crippen LogP contribution in [0.25, 0.3) is 0 Å². The molecule has 0 aliphatic rings. The molecule has 2 rings (SSSR count). The molecule has 0 aliphatic heterocycles. The predicted octanol–water partition coefficient (Wildman–Crippen LogP) is 3.26. The van der Waals surface area contributed by atoms with E-state index in [0.29, 0.717) is 33.9 Å². The number of anilines is 1. The second-order valence-electron chi connectivity index (χ2n) is 3.89. The maximum atomic E-state index is 11.7. The monoisotopic (exact) mass is 299 g/mol. The summed E-state index contributed by atoms with van der Waals surface area (Å²) in [5.41, 5.74) is 0.526. The van der Waals surface area contributed by atoms with Gasteiger partial charge in [0.1, 0.15) is 0 Å². The van der Waals surface area contributed by atoms with Gasteiger partial charge in [-0.05, 0) is 18.2 Å². The zero-order valence-corrected chi connectivity index (χ0v) is 11.6. The summed E-state index contributed by atoms with van der Waals surface area (Å²) in [6.45, 7) is 1.70. The maximum Gasteiger partial charge on any atom is 0.224 e. The van der Waals surface area contributed by atoms with Gasteiger partial charge in [-0.25, -0.2) is 0 Å². The molecule has 0 radical (unpaired) electrons. The highest BCUT2D eigenvalue weighted by molar-refractivity contribution is 6.36. The Balaban J connectivity index is 1.90. The Morgan fingerprint density at radius 3 is 2.79 bits per heavy atom. The molecule has 0 unspecified atom stereocenters. The number of halogens is 2. The topological polar surface area (TPSA) is 68.0 Å². The summed E-state index contributed by atoms with van der Waals surface area (Å²) in [5, 5.41) is 11.1. The van der Waals surface area contributed by atoms with E-state index in [2.05, 4.69) is 15.5 Å². The zero-order chi connectivity index (χ0) is 13.8. The average molecular weight is 300 g/mol. The number of carbonyl (C=O) groups is 1. The predicted molar refractivity (Wildman–Crippen MR) is 72.4 cm³/mol. The van der Waals surface area contributed by atoms with Crippen molar-refractivity contribution in [1.82, 2.24) is 10.2 Å². The van der Waals surface area contributed by atoms with Gasteiger partial charge in [0.25, 0.3) is 0 Å². The highest BCUT2D eigenvalue weighted by Crippen LogP contribution is 2.25. The van der Waals surface area contributed by atoms with Crippen LogP contribution in [0.1, 0.15) is 18.2 Å². The molecule has 0 spiro atoms. The lowest BCUT2D eigenvalue weighted by Gasteiger charge is -2.06. The van der Waals surface area contributed by atoms with Crippen molar-refractivity contribution in [2.45, 2.75) is 19.8 Å². The molecule has 1 N–H and O–H groups in total. The lowest BCUT2D eigenvalue weighted by molar-refractivity contribution is -0.116. The fourth-order valence-corrected chi connectivity index (χ4v) is 1.92. The molecule has 0 bridgehead atoms. The molecule has 0 aliphatic carbocycles. The largest absolute Gasteiger partial charge is 0.426 e.